The maximum Gasteiger partial charge on any atom is 0.266 e. The SMILES string of the molecule is NCC(c1ccccc1)c1nc(N2CCCCC2)no1. The number of nitrogens with two attached hydrogens (primary N) is 1. The monoisotopic (exact) mass is 272 g/mol. The first-order valence-electron chi connectivity index (χ1n) is 7.22. The van der Waals surface area contributed by atoms with Crippen molar-refractivity contribution in [2.45, 2.75) is 25.2 Å². The van der Waals surface area contributed by atoms with Gasteiger partial charge < -0.3 is 15.2 Å². The number of hydrogen-bond acceptors (Lipinski definition) is 5. The molecule has 0 aliphatic carbocycles. The van der Waals surface area contributed by atoms with E-state index >= 15 is 0 Å². The summed E-state index contributed by atoms with van der Waals surface area (Å²) in [6, 6.07) is 10.1. The fourth-order valence-corrected chi connectivity index (χ4v) is 2.66. The Labute approximate surface area is 118 Å². The Bertz CT molecular complexity index is 534. The van der Waals surface area contributed by atoms with Crippen LogP contribution in [0.3, 0.4) is 0 Å². The van der Waals surface area contributed by atoms with Crippen LogP contribution in [0.1, 0.15) is 36.6 Å². The summed E-state index contributed by atoms with van der Waals surface area (Å²) in [7, 11) is 0. The van der Waals surface area contributed by atoms with Crippen molar-refractivity contribution in [2.75, 3.05) is 24.5 Å². The van der Waals surface area contributed by atoms with Gasteiger partial charge in [-0.1, -0.05) is 30.3 Å². The van der Waals surface area contributed by atoms with Crippen LogP contribution in [-0.2, 0) is 0 Å². The van der Waals surface area contributed by atoms with Crippen LogP contribution in [0.25, 0.3) is 0 Å². The molecule has 5 nitrogen and oxygen atoms in total. The first-order chi connectivity index (χ1) is 9.88. The summed E-state index contributed by atoms with van der Waals surface area (Å²) in [5.74, 6) is 1.29. The van der Waals surface area contributed by atoms with Crippen molar-refractivity contribution in [3.8, 4) is 0 Å². The predicted octanol–water partition coefficient (Wildman–Crippen LogP) is 2.15. The summed E-state index contributed by atoms with van der Waals surface area (Å²) in [5, 5.41) is 4.12. The quantitative estimate of drug-likeness (QED) is 0.923. The molecule has 0 amide bonds. The Morgan fingerprint density at radius 2 is 1.90 bits per heavy atom. The minimum absolute atomic E-state index is 0.0257. The van der Waals surface area contributed by atoms with E-state index in [4.69, 9.17) is 10.3 Å². The number of rotatable bonds is 4. The highest BCUT2D eigenvalue weighted by Gasteiger charge is 2.22. The summed E-state index contributed by atoms with van der Waals surface area (Å²) in [5.41, 5.74) is 7.00. The molecule has 2 heterocycles. The first-order valence-corrected chi connectivity index (χ1v) is 7.22. The normalized spacial score (nSPS) is 17.1. The fourth-order valence-electron chi connectivity index (χ4n) is 2.66. The highest BCUT2D eigenvalue weighted by Crippen LogP contribution is 2.24. The second-order valence-electron chi connectivity index (χ2n) is 5.18. The number of hydrogen-bond donors (Lipinski definition) is 1. The Morgan fingerprint density at radius 1 is 1.15 bits per heavy atom. The predicted molar refractivity (Wildman–Crippen MR) is 77.7 cm³/mol. The van der Waals surface area contributed by atoms with Crippen LogP contribution < -0.4 is 10.6 Å². The van der Waals surface area contributed by atoms with Crippen molar-refractivity contribution in [3.63, 3.8) is 0 Å². The van der Waals surface area contributed by atoms with Crippen molar-refractivity contribution >= 4 is 5.95 Å². The zero-order valence-corrected chi connectivity index (χ0v) is 11.5. The smallest absolute Gasteiger partial charge is 0.266 e. The lowest BCUT2D eigenvalue weighted by molar-refractivity contribution is 0.365. The zero-order chi connectivity index (χ0) is 13.8. The van der Waals surface area contributed by atoms with Crippen LogP contribution in [0, 0.1) is 0 Å². The van der Waals surface area contributed by atoms with Gasteiger partial charge in [0.05, 0.1) is 5.92 Å². The highest BCUT2D eigenvalue weighted by atomic mass is 16.5. The molecule has 1 aromatic carbocycles. The van der Waals surface area contributed by atoms with E-state index in [1.807, 2.05) is 30.3 Å². The lowest BCUT2D eigenvalue weighted by atomic mass is 9.99. The molecular weight excluding hydrogens is 252 g/mol. The molecule has 20 heavy (non-hydrogen) atoms. The topological polar surface area (TPSA) is 68.2 Å². The van der Waals surface area contributed by atoms with E-state index < -0.39 is 0 Å². The first kappa shape index (κ1) is 13.1. The van der Waals surface area contributed by atoms with Gasteiger partial charge in [0, 0.05) is 19.6 Å². The maximum atomic E-state index is 5.88. The van der Waals surface area contributed by atoms with Crippen molar-refractivity contribution in [1.29, 1.82) is 0 Å². The molecule has 1 unspecified atom stereocenters. The van der Waals surface area contributed by atoms with Crippen LogP contribution in [0.2, 0.25) is 0 Å². The van der Waals surface area contributed by atoms with E-state index in [-0.39, 0.29) is 5.92 Å². The van der Waals surface area contributed by atoms with Gasteiger partial charge in [0.15, 0.2) is 0 Å². The molecule has 1 saturated heterocycles. The molecule has 0 saturated carbocycles. The van der Waals surface area contributed by atoms with Crippen molar-refractivity contribution in [3.05, 3.63) is 41.8 Å². The number of benzene rings is 1. The van der Waals surface area contributed by atoms with Gasteiger partial charge in [-0.15, -0.1) is 0 Å². The number of aromatic nitrogens is 2. The second kappa shape index (κ2) is 6.05. The van der Waals surface area contributed by atoms with Crippen LogP contribution in [0.15, 0.2) is 34.9 Å². The van der Waals surface area contributed by atoms with Crippen molar-refractivity contribution < 1.29 is 4.52 Å². The van der Waals surface area contributed by atoms with Gasteiger partial charge in [0.1, 0.15) is 0 Å². The molecule has 1 aromatic heterocycles. The molecular formula is C15H20N4O. The van der Waals surface area contributed by atoms with E-state index in [1.54, 1.807) is 0 Å². The molecule has 1 atom stereocenters. The van der Waals surface area contributed by atoms with Crippen LogP contribution >= 0.6 is 0 Å². The minimum atomic E-state index is -0.0257. The fraction of sp³-hybridized carbons (Fsp3) is 0.467. The Hall–Kier alpha value is -1.88. The molecule has 1 aliphatic heterocycles. The third-order valence-electron chi connectivity index (χ3n) is 3.81. The second-order valence-corrected chi connectivity index (χ2v) is 5.18. The Kier molecular flexibility index (Phi) is 3.97. The van der Waals surface area contributed by atoms with E-state index in [2.05, 4.69) is 15.0 Å². The molecule has 106 valence electrons. The van der Waals surface area contributed by atoms with Gasteiger partial charge in [-0.2, -0.15) is 4.98 Å². The molecule has 2 N–H and O–H groups in total. The van der Waals surface area contributed by atoms with Gasteiger partial charge >= 0.3 is 0 Å². The molecule has 0 spiro atoms. The summed E-state index contributed by atoms with van der Waals surface area (Å²) < 4.78 is 5.44. The average molecular weight is 272 g/mol. The summed E-state index contributed by atoms with van der Waals surface area (Å²) in [4.78, 5) is 6.74. The molecule has 1 aliphatic rings. The van der Waals surface area contributed by atoms with Gasteiger partial charge in [0.25, 0.3) is 5.95 Å². The summed E-state index contributed by atoms with van der Waals surface area (Å²) >= 11 is 0. The summed E-state index contributed by atoms with van der Waals surface area (Å²) in [6.45, 7) is 2.49. The molecule has 0 radical (unpaired) electrons. The van der Waals surface area contributed by atoms with E-state index in [0.717, 1.165) is 18.7 Å². The van der Waals surface area contributed by atoms with E-state index in [0.29, 0.717) is 18.4 Å². The third kappa shape index (κ3) is 2.67. The standard InChI is InChI=1S/C15H20N4O/c16-11-13(12-7-3-1-4-8-12)14-17-15(18-20-14)19-9-5-2-6-10-19/h1,3-4,7-8,13H,2,5-6,9-11,16H2. The van der Waals surface area contributed by atoms with Gasteiger partial charge in [0.2, 0.25) is 5.89 Å². The number of nitrogens with zero attached hydrogens (tertiary/aromatic N) is 3. The van der Waals surface area contributed by atoms with Crippen LogP contribution in [-0.4, -0.2) is 29.8 Å². The van der Waals surface area contributed by atoms with Crippen LogP contribution in [0.5, 0.6) is 0 Å². The highest BCUT2D eigenvalue weighted by molar-refractivity contribution is 5.31. The number of anilines is 1. The van der Waals surface area contributed by atoms with Crippen molar-refractivity contribution in [1.82, 2.24) is 10.1 Å². The molecule has 2 aromatic rings. The van der Waals surface area contributed by atoms with E-state index in [1.165, 1.54) is 19.3 Å². The summed E-state index contributed by atoms with van der Waals surface area (Å²) in [6.07, 6.45) is 3.68. The molecule has 1 fully saturated rings. The van der Waals surface area contributed by atoms with Crippen molar-refractivity contribution in [2.24, 2.45) is 5.73 Å². The Balaban J connectivity index is 1.81. The van der Waals surface area contributed by atoms with Crippen LogP contribution in [0.4, 0.5) is 5.95 Å². The molecule has 0 bridgehead atoms. The maximum absolute atomic E-state index is 5.88. The minimum Gasteiger partial charge on any atom is -0.338 e. The lowest BCUT2D eigenvalue weighted by Gasteiger charge is -2.24. The largest absolute Gasteiger partial charge is 0.338 e. The molecule has 5 heteroatoms. The molecule has 3 rings (SSSR count). The van der Waals surface area contributed by atoms with E-state index in [9.17, 15) is 0 Å². The Morgan fingerprint density at radius 3 is 2.60 bits per heavy atom. The zero-order valence-electron chi connectivity index (χ0n) is 11.5. The third-order valence-corrected chi connectivity index (χ3v) is 3.81. The number of piperidine rings is 1. The lowest BCUT2D eigenvalue weighted by Crippen LogP contribution is -2.30. The van der Waals surface area contributed by atoms with Gasteiger partial charge in [-0.25, -0.2) is 0 Å². The van der Waals surface area contributed by atoms with Gasteiger partial charge in [-0.3, -0.25) is 0 Å². The van der Waals surface area contributed by atoms with Gasteiger partial charge in [-0.05, 0) is 30.0 Å². The average Bonchev–Trinajstić information content (AvgIpc) is 3.00.